The van der Waals surface area contributed by atoms with Crippen molar-refractivity contribution in [3.05, 3.63) is 35.9 Å². The summed E-state index contributed by atoms with van der Waals surface area (Å²) in [6.07, 6.45) is 6.14. The SMILES string of the molecule is COC(=O)C1CC2C=CC13C(=O)N(CC1CC1)C(=O)CC31c3cccc(OC)c3OC21. The van der Waals surface area contributed by atoms with Crippen LogP contribution in [0.25, 0.3) is 0 Å². The minimum absolute atomic E-state index is 0.0985. The Balaban J connectivity index is 1.61. The van der Waals surface area contributed by atoms with Gasteiger partial charge in [0.2, 0.25) is 11.8 Å². The molecule has 4 aliphatic carbocycles. The molecule has 0 radical (unpaired) electrons. The lowest BCUT2D eigenvalue weighted by Crippen LogP contribution is -2.74. The zero-order chi connectivity index (χ0) is 21.5. The van der Waals surface area contributed by atoms with E-state index in [1.54, 1.807) is 7.11 Å². The third-order valence-corrected chi connectivity index (χ3v) is 8.15. The molecule has 2 bridgehead atoms. The number of fused-ring (bicyclic) bond motifs is 2. The molecular formula is C24H25NO6. The maximum Gasteiger partial charge on any atom is 0.310 e. The Bertz CT molecular complexity index is 1040. The van der Waals surface area contributed by atoms with E-state index in [1.165, 1.54) is 12.0 Å². The molecular weight excluding hydrogens is 398 g/mol. The Morgan fingerprint density at radius 1 is 1.26 bits per heavy atom. The highest BCUT2D eigenvalue weighted by molar-refractivity contribution is 6.07. The van der Waals surface area contributed by atoms with Crippen molar-refractivity contribution >= 4 is 17.8 Å². The highest BCUT2D eigenvalue weighted by atomic mass is 16.5. The number of nitrogens with zero attached hydrogens (tertiary/aromatic N) is 1. The molecule has 0 N–H and O–H groups in total. The summed E-state index contributed by atoms with van der Waals surface area (Å²) in [5.41, 5.74) is -1.37. The van der Waals surface area contributed by atoms with Gasteiger partial charge in [-0.1, -0.05) is 24.3 Å². The molecule has 7 nitrogen and oxygen atoms in total. The second kappa shape index (κ2) is 6.11. The van der Waals surface area contributed by atoms with Gasteiger partial charge in [0.25, 0.3) is 0 Å². The summed E-state index contributed by atoms with van der Waals surface area (Å²) < 4.78 is 17.2. The number of piperidine rings is 1. The minimum atomic E-state index is -1.21. The number of likely N-dealkylation sites (tertiary alicyclic amines) is 1. The maximum atomic E-state index is 14.2. The van der Waals surface area contributed by atoms with Gasteiger partial charge in [-0.05, 0) is 31.2 Å². The van der Waals surface area contributed by atoms with Crippen LogP contribution in [-0.2, 0) is 24.5 Å². The molecule has 31 heavy (non-hydrogen) atoms. The minimum Gasteiger partial charge on any atom is -0.493 e. The van der Waals surface area contributed by atoms with Crippen LogP contribution < -0.4 is 9.47 Å². The average molecular weight is 423 g/mol. The molecule has 2 spiro atoms. The molecule has 162 valence electrons. The van der Waals surface area contributed by atoms with E-state index in [9.17, 15) is 14.4 Å². The second-order valence-corrected chi connectivity index (χ2v) is 9.48. The fourth-order valence-corrected chi connectivity index (χ4v) is 6.65. The predicted octanol–water partition coefficient (Wildman–Crippen LogP) is 2.23. The summed E-state index contributed by atoms with van der Waals surface area (Å²) >= 11 is 0. The Morgan fingerprint density at radius 3 is 2.77 bits per heavy atom. The maximum absolute atomic E-state index is 14.2. The Kier molecular flexibility index (Phi) is 3.73. The average Bonchev–Trinajstić information content (AvgIpc) is 3.55. The number of amides is 2. The Hall–Kier alpha value is -2.83. The number of carbonyl (C=O) groups is 3. The number of hydrogen-bond acceptors (Lipinski definition) is 6. The zero-order valence-corrected chi connectivity index (χ0v) is 17.6. The van der Waals surface area contributed by atoms with Crippen LogP contribution >= 0.6 is 0 Å². The van der Waals surface area contributed by atoms with Gasteiger partial charge in [-0.2, -0.15) is 0 Å². The number of esters is 1. The van der Waals surface area contributed by atoms with Gasteiger partial charge in [0.1, 0.15) is 6.10 Å². The smallest absolute Gasteiger partial charge is 0.310 e. The molecule has 2 aliphatic heterocycles. The summed E-state index contributed by atoms with van der Waals surface area (Å²) in [7, 11) is 2.94. The van der Waals surface area contributed by atoms with E-state index in [-0.39, 0.29) is 24.2 Å². The lowest BCUT2D eigenvalue weighted by Gasteiger charge is -2.62. The van der Waals surface area contributed by atoms with Crippen LogP contribution in [0.4, 0.5) is 0 Å². The Labute approximate surface area is 180 Å². The topological polar surface area (TPSA) is 82.1 Å². The van der Waals surface area contributed by atoms with Gasteiger partial charge in [-0.15, -0.1) is 0 Å². The van der Waals surface area contributed by atoms with Crippen molar-refractivity contribution in [1.82, 2.24) is 4.90 Å². The fourth-order valence-electron chi connectivity index (χ4n) is 6.65. The summed E-state index contributed by atoms with van der Waals surface area (Å²) in [4.78, 5) is 42.0. The van der Waals surface area contributed by atoms with Crippen LogP contribution in [0.15, 0.2) is 30.4 Å². The van der Waals surface area contributed by atoms with Crippen molar-refractivity contribution in [2.24, 2.45) is 23.2 Å². The normalized spacial score (nSPS) is 37.1. The molecule has 5 atom stereocenters. The molecule has 2 heterocycles. The molecule has 1 aromatic rings. The van der Waals surface area contributed by atoms with Gasteiger partial charge in [0, 0.05) is 24.4 Å². The molecule has 1 aromatic carbocycles. The number of imide groups is 1. The molecule has 0 aromatic heterocycles. The van der Waals surface area contributed by atoms with Crippen molar-refractivity contribution in [2.75, 3.05) is 20.8 Å². The summed E-state index contributed by atoms with van der Waals surface area (Å²) in [6, 6.07) is 5.59. The summed E-state index contributed by atoms with van der Waals surface area (Å²) in [5, 5.41) is 0. The lowest BCUT2D eigenvalue weighted by molar-refractivity contribution is -0.186. The quantitative estimate of drug-likeness (QED) is 0.420. The summed E-state index contributed by atoms with van der Waals surface area (Å²) in [5.74, 6) is -0.119. The largest absolute Gasteiger partial charge is 0.493 e. The molecule has 7 heteroatoms. The number of methoxy groups -OCH3 is 2. The van der Waals surface area contributed by atoms with Gasteiger partial charge in [0.05, 0.1) is 31.0 Å². The van der Waals surface area contributed by atoms with Crippen molar-refractivity contribution < 1.29 is 28.6 Å². The van der Waals surface area contributed by atoms with E-state index in [4.69, 9.17) is 14.2 Å². The van der Waals surface area contributed by atoms with Gasteiger partial charge in [0.15, 0.2) is 11.5 Å². The first-order chi connectivity index (χ1) is 15.0. The number of benzene rings is 1. The number of carbonyl (C=O) groups excluding carboxylic acids is 3. The van der Waals surface area contributed by atoms with Crippen LogP contribution in [0, 0.1) is 23.2 Å². The first kappa shape index (κ1) is 18.9. The van der Waals surface area contributed by atoms with E-state index >= 15 is 0 Å². The van der Waals surface area contributed by atoms with Crippen molar-refractivity contribution in [1.29, 1.82) is 0 Å². The molecule has 7 rings (SSSR count). The molecule has 3 fully saturated rings. The molecule has 2 amide bonds. The highest BCUT2D eigenvalue weighted by Crippen LogP contribution is 2.70. The predicted molar refractivity (Wildman–Crippen MR) is 108 cm³/mol. The molecule has 5 unspecified atom stereocenters. The third-order valence-electron chi connectivity index (χ3n) is 8.15. The van der Waals surface area contributed by atoms with Crippen LogP contribution in [0.3, 0.4) is 0 Å². The number of para-hydroxylation sites is 1. The Morgan fingerprint density at radius 2 is 2.06 bits per heavy atom. The third kappa shape index (κ3) is 2.12. The van der Waals surface area contributed by atoms with Crippen LogP contribution in [-0.4, -0.2) is 49.6 Å². The standard InChI is InChI=1S/C24H25NO6/c1-29-17-5-3-4-15-19(17)31-20-14-8-9-23(16(10-14)21(27)30-2)22(28)25(12-13-6-7-13)18(26)11-24(15,20)23/h3-5,8-9,13-14,16,20H,6-7,10-12H2,1-2H3. The lowest BCUT2D eigenvalue weighted by atomic mass is 9.41. The van der Waals surface area contributed by atoms with Gasteiger partial charge in [-0.25, -0.2) is 0 Å². The first-order valence-corrected chi connectivity index (χ1v) is 10.9. The number of ether oxygens (including phenoxy) is 3. The van der Waals surface area contributed by atoms with E-state index in [2.05, 4.69) is 0 Å². The van der Waals surface area contributed by atoms with Crippen LogP contribution in [0.5, 0.6) is 11.5 Å². The van der Waals surface area contributed by atoms with Crippen LogP contribution in [0.2, 0.25) is 0 Å². The van der Waals surface area contributed by atoms with Crippen molar-refractivity contribution in [3.8, 4) is 11.5 Å². The van der Waals surface area contributed by atoms with E-state index in [0.717, 1.165) is 18.4 Å². The highest BCUT2D eigenvalue weighted by Gasteiger charge is 2.77. The van der Waals surface area contributed by atoms with Gasteiger partial charge >= 0.3 is 5.97 Å². The molecule has 1 saturated heterocycles. The van der Waals surface area contributed by atoms with Gasteiger partial charge < -0.3 is 14.2 Å². The fraction of sp³-hybridized carbons (Fsp3) is 0.542. The van der Waals surface area contributed by atoms with E-state index < -0.39 is 28.8 Å². The van der Waals surface area contributed by atoms with Crippen LogP contribution in [0.1, 0.15) is 31.2 Å². The monoisotopic (exact) mass is 423 g/mol. The van der Waals surface area contributed by atoms with Crippen molar-refractivity contribution in [2.45, 2.75) is 37.2 Å². The number of hydrogen-bond donors (Lipinski definition) is 0. The van der Waals surface area contributed by atoms with Crippen molar-refractivity contribution in [3.63, 3.8) is 0 Å². The number of rotatable bonds is 4. The molecule has 6 aliphatic rings. The van der Waals surface area contributed by atoms with Gasteiger partial charge in [-0.3, -0.25) is 19.3 Å². The second-order valence-electron chi connectivity index (χ2n) is 9.48. The first-order valence-electron chi connectivity index (χ1n) is 10.9. The zero-order valence-electron chi connectivity index (χ0n) is 17.6. The summed E-state index contributed by atoms with van der Waals surface area (Å²) in [6.45, 7) is 0.428. The molecule has 2 saturated carbocycles. The van der Waals surface area contributed by atoms with E-state index in [0.29, 0.717) is 30.4 Å². The van der Waals surface area contributed by atoms with E-state index in [1.807, 2.05) is 30.4 Å².